The second kappa shape index (κ2) is 5.60. The predicted octanol–water partition coefficient (Wildman–Crippen LogP) is 0.526. The third kappa shape index (κ3) is 2.70. The summed E-state index contributed by atoms with van der Waals surface area (Å²) in [5.74, 6) is -3.54. The van der Waals surface area contributed by atoms with E-state index >= 15 is 0 Å². The van der Waals surface area contributed by atoms with Gasteiger partial charge in [0.25, 0.3) is 5.91 Å². The van der Waals surface area contributed by atoms with Gasteiger partial charge in [-0.3, -0.25) is 9.59 Å². The number of sulfone groups is 1. The number of alkyl halides is 3. The lowest BCUT2D eigenvalue weighted by Gasteiger charge is -2.49. The number of benzene rings is 1. The first-order chi connectivity index (χ1) is 11.9. The molecule has 1 spiro atoms. The van der Waals surface area contributed by atoms with Crippen LogP contribution in [-0.2, 0) is 20.8 Å². The topological polar surface area (TPSA) is 118 Å². The van der Waals surface area contributed by atoms with Crippen LogP contribution in [0.2, 0.25) is 0 Å². The lowest BCUT2D eigenvalue weighted by molar-refractivity contribution is -0.137. The van der Waals surface area contributed by atoms with Crippen LogP contribution in [0.4, 0.5) is 13.2 Å². The summed E-state index contributed by atoms with van der Waals surface area (Å²) in [6.07, 6.45) is -4.69. The van der Waals surface area contributed by atoms with E-state index in [0.29, 0.717) is 12.1 Å². The third-order valence-electron chi connectivity index (χ3n) is 4.97. The maximum absolute atomic E-state index is 12.8. The van der Waals surface area contributed by atoms with Crippen LogP contribution < -0.4 is 5.73 Å². The number of hydrogen-bond acceptors (Lipinski definition) is 5. The van der Waals surface area contributed by atoms with Gasteiger partial charge in [-0.25, -0.2) is 8.42 Å². The van der Waals surface area contributed by atoms with E-state index < -0.39 is 55.4 Å². The van der Waals surface area contributed by atoms with Crippen molar-refractivity contribution in [2.75, 3.05) is 18.8 Å². The maximum Gasteiger partial charge on any atom is 0.416 e. The van der Waals surface area contributed by atoms with Gasteiger partial charge in [0.05, 0.1) is 17.2 Å². The zero-order valence-corrected chi connectivity index (χ0v) is 14.1. The molecule has 7 nitrogen and oxygen atoms in total. The molecule has 0 aliphatic carbocycles. The van der Waals surface area contributed by atoms with Gasteiger partial charge in [-0.2, -0.15) is 13.2 Å². The number of hydrogen-bond donors (Lipinski definition) is 2. The van der Waals surface area contributed by atoms with Gasteiger partial charge in [0.15, 0.2) is 9.84 Å². The van der Waals surface area contributed by atoms with Gasteiger partial charge in [0.1, 0.15) is 10.5 Å². The fourth-order valence-corrected chi connectivity index (χ4v) is 5.92. The number of likely N-dealkylation sites (tertiary alicyclic amines) is 1. The van der Waals surface area contributed by atoms with Crippen LogP contribution in [0.15, 0.2) is 18.2 Å². The number of carbonyl (C=O) groups is 2. The molecular weight excluding hydrogens is 377 g/mol. The molecule has 0 radical (unpaired) electrons. The van der Waals surface area contributed by atoms with Gasteiger partial charge in [-0.15, -0.1) is 0 Å². The summed E-state index contributed by atoms with van der Waals surface area (Å²) in [7, 11) is -3.66. The van der Waals surface area contributed by atoms with Crippen molar-refractivity contribution in [2.45, 2.75) is 17.3 Å². The van der Waals surface area contributed by atoms with Crippen molar-refractivity contribution in [1.82, 2.24) is 4.90 Å². The molecule has 1 atom stereocenters. The van der Waals surface area contributed by atoms with Gasteiger partial charge in [0, 0.05) is 18.7 Å². The lowest BCUT2D eigenvalue weighted by Crippen LogP contribution is -2.69. The molecule has 2 saturated heterocycles. The van der Waals surface area contributed by atoms with Crippen LogP contribution in [0, 0.1) is 5.92 Å². The van der Waals surface area contributed by atoms with E-state index in [1.165, 1.54) is 0 Å². The molecule has 3 rings (SSSR count). The Morgan fingerprint density at radius 2 is 1.85 bits per heavy atom. The van der Waals surface area contributed by atoms with Crippen LogP contribution in [0.3, 0.4) is 0 Å². The Morgan fingerprint density at radius 3 is 2.38 bits per heavy atom. The molecule has 142 valence electrons. The number of phenols is 1. The Kier molecular flexibility index (Phi) is 3.98. The molecular formula is C15H15F3N2O5S. The first kappa shape index (κ1) is 18.5. The molecule has 2 aliphatic rings. The molecule has 0 bridgehead atoms. The Morgan fingerprint density at radius 1 is 1.23 bits per heavy atom. The second-order valence-electron chi connectivity index (χ2n) is 6.55. The molecule has 1 unspecified atom stereocenters. The highest BCUT2D eigenvalue weighted by molar-refractivity contribution is 7.93. The van der Waals surface area contributed by atoms with Crippen molar-refractivity contribution >= 4 is 21.7 Å². The molecule has 1 aromatic carbocycles. The smallest absolute Gasteiger partial charge is 0.416 e. The minimum Gasteiger partial charge on any atom is -0.508 e. The number of nitrogens with two attached hydrogens (primary N) is 1. The molecule has 0 aromatic heterocycles. The van der Waals surface area contributed by atoms with Crippen LogP contribution in [-0.4, -0.2) is 53.8 Å². The molecule has 3 N–H and O–H groups in total. The van der Waals surface area contributed by atoms with E-state index in [4.69, 9.17) is 5.73 Å². The van der Waals surface area contributed by atoms with Gasteiger partial charge >= 0.3 is 6.18 Å². The first-order valence-electron chi connectivity index (χ1n) is 7.59. The molecule has 2 fully saturated rings. The van der Waals surface area contributed by atoms with E-state index in [0.717, 1.165) is 11.0 Å². The quantitative estimate of drug-likeness (QED) is 0.761. The largest absolute Gasteiger partial charge is 0.508 e. The summed E-state index contributed by atoms with van der Waals surface area (Å²) in [4.78, 5) is 25.0. The van der Waals surface area contributed by atoms with E-state index in [9.17, 15) is 36.3 Å². The van der Waals surface area contributed by atoms with Gasteiger partial charge in [0.2, 0.25) is 5.91 Å². The van der Waals surface area contributed by atoms with Crippen molar-refractivity contribution in [2.24, 2.45) is 11.7 Å². The SMILES string of the molecule is NC(=O)C1CCS(=O)(=O)C12CN(C(=O)c1cc(O)cc(C(F)(F)F)c1)C2. The number of carbonyl (C=O) groups excluding carboxylic acids is 2. The summed E-state index contributed by atoms with van der Waals surface area (Å²) in [5.41, 5.74) is 3.65. The van der Waals surface area contributed by atoms with Crippen molar-refractivity contribution in [3.63, 3.8) is 0 Å². The molecule has 11 heteroatoms. The van der Waals surface area contributed by atoms with Gasteiger partial charge in [-0.05, 0) is 24.6 Å². The Balaban J connectivity index is 1.87. The molecule has 2 aliphatic heterocycles. The second-order valence-corrected chi connectivity index (χ2v) is 9.01. The summed E-state index contributed by atoms with van der Waals surface area (Å²) in [6.45, 7) is -0.641. The first-order valence-corrected chi connectivity index (χ1v) is 9.25. The number of aromatic hydroxyl groups is 1. The summed E-state index contributed by atoms with van der Waals surface area (Å²) in [5, 5.41) is 9.45. The molecule has 26 heavy (non-hydrogen) atoms. The minimum absolute atomic E-state index is 0.0596. The highest BCUT2D eigenvalue weighted by atomic mass is 32.2. The van der Waals surface area contributed by atoms with Crippen molar-refractivity contribution < 1.29 is 36.3 Å². The Bertz CT molecular complexity index is 891. The molecule has 1 aromatic rings. The zero-order valence-electron chi connectivity index (χ0n) is 13.3. The number of phenolic OH excluding ortho intramolecular Hbond substituents is 1. The molecule has 2 heterocycles. The molecule has 2 amide bonds. The van der Waals surface area contributed by atoms with Crippen LogP contribution >= 0.6 is 0 Å². The average molecular weight is 392 g/mol. The van der Waals surface area contributed by atoms with E-state index in [1.54, 1.807) is 0 Å². The maximum atomic E-state index is 12.8. The highest BCUT2D eigenvalue weighted by Crippen LogP contribution is 2.45. The van der Waals surface area contributed by atoms with Crippen molar-refractivity contribution in [3.8, 4) is 5.75 Å². The standard InChI is InChI=1S/C15H15F3N2O5S/c16-15(17,18)9-3-8(4-10(21)5-9)13(23)20-6-14(7-20)11(12(19)22)1-2-26(14,24)25/h3-5,11,21H,1-2,6-7H2,(H2,19,22). The van der Waals surface area contributed by atoms with Crippen molar-refractivity contribution in [1.29, 1.82) is 0 Å². The number of nitrogens with zero attached hydrogens (tertiary/aromatic N) is 1. The highest BCUT2D eigenvalue weighted by Gasteiger charge is 2.64. The van der Waals surface area contributed by atoms with Crippen molar-refractivity contribution in [3.05, 3.63) is 29.3 Å². The average Bonchev–Trinajstić information content (AvgIpc) is 2.74. The van der Waals surface area contributed by atoms with E-state index in [-0.39, 0.29) is 25.3 Å². The number of primary amides is 1. The monoisotopic (exact) mass is 392 g/mol. The fraction of sp³-hybridized carbons (Fsp3) is 0.467. The summed E-state index contributed by atoms with van der Waals surface area (Å²) < 4.78 is 61.6. The van der Waals surface area contributed by atoms with E-state index in [2.05, 4.69) is 0 Å². The molecule has 0 saturated carbocycles. The number of halogens is 3. The van der Waals surface area contributed by atoms with Gasteiger partial charge in [-0.1, -0.05) is 0 Å². The minimum atomic E-state index is -4.75. The van der Waals surface area contributed by atoms with Crippen LogP contribution in [0.5, 0.6) is 5.75 Å². The lowest BCUT2D eigenvalue weighted by atomic mass is 9.82. The zero-order chi connectivity index (χ0) is 19.5. The fourth-order valence-electron chi connectivity index (χ4n) is 3.60. The third-order valence-corrected chi connectivity index (χ3v) is 7.52. The summed E-state index contributed by atoms with van der Waals surface area (Å²) in [6, 6.07) is 1.94. The predicted molar refractivity (Wildman–Crippen MR) is 82.8 cm³/mol. The number of rotatable bonds is 2. The van der Waals surface area contributed by atoms with Crippen LogP contribution in [0.25, 0.3) is 0 Å². The van der Waals surface area contributed by atoms with Crippen LogP contribution in [0.1, 0.15) is 22.3 Å². The summed E-state index contributed by atoms with van der Waals surface area (Å²) >= 11 is 0. The number of amides is 2. The van der Waals surface area contributed by atoms with Gasteiger partial charge < -0.3 is 15.7 Å². The Labute approximate surface area is 146 Å². The van der Waals surface area contributed by atoms with E-state index in [1.807, 2.05) is 0 Å². The normalized spacial score (nSPS) is 23.7. The Hall–Kier alpha value is -2.30.